The molecule has 0 aliphatic carbocycles. The molecule has 2 rings (SSSR count). The van der Waals surface area contributed by atoms with Gasteiger partial charge in [0.15, 0.2) is 5.82 Å². The molecule has 17 heavy (non-hydrogen) atoms. The number of halogens is 1. The van der Waals surface area contributed by atoms with Crippen molar-refractivity contribution in [2.24, 2.45) is 0 Å². The molecule has 0 fully saturated rings. The summed E-state index contributed by atoms with van der Waals surface area (Å²) >= 11 is 0. The number of hydrogen-bond acceptors (Lipinski definition) is 3. The number of aromatic amines is 1. The molecule has 5 heteroatoms. The zero-order valence-corrected chi connectivity index (χ0v) is 9.27. The van der Waals surface area contributed by atoms with Gasteiger partial charge in [0.1, 0.15) is 5.82 Å². The van der Waals surface area contributed by atoms with E-state index < -0.39 is 0 Å². The first-order chi connectivity index (χ1) is 8.16. The molecule has 4 nitrogen and oxygen atoms in total. The van der Waals surface area contributed by atoms with E-state index in [4.69, 9.17) is 0 Å². The molecule has 0 saturated heterocycles. The van der Waals surface area contributed by atoms with Crippen molar-refractivity contribution in [2.75, 3.05) is 5.32 Å². The number of anilines is 1. The molecule has 0 radical (unpaired) electrons. The lowest BCUT2D eigenvalue weighted by Gasteiger charge is -2.13. The molecule has 1 aromatic carbocycles. The van der Waals surface area contributed by atoms with Gasteiger partial charge >= 0.3 is 0 Å². The third-order valence-electron chi connectivity index (χ3n) is 2.43. The Morgan fingerprint density at radius 3 is 2.71 bits per heavy atom. The molecular formula is C12H12FN3O. The summed E-state index contributed by atoms with van der Waals surface area (Å²) in [6.07, 6.45) is 2.97. The van der Waals surface area contributed by atoms with Crippen LogP contribution in [-0.2, 0) is 0 Å². The van der Waals surface area contributed by atoms with Crippen molar-refractivity contribution in [1.82, 2.24) is 9.97 Å². The number of nitrogens with one attached hydrogen (secondary N) is 2. The molecule has 2 aromatic rings. The highest BCUT2D eigenvalue weighted by Gasteiger charge is 2.08. The smallest absolute Gasteiger partial charge is 0.290 e. The van der Waals surface area contributed by atoms with E-state index in [9.17, 15) is 9.18 Å². The van der Waals surface area contributed by atoms with Crippen molar-refractivity contribution in [2.45, 2.75) is 13.0 Å². The molecule has 2 N–H and O–H groups in total. The van der Waals surface area contributed by atoms with Crippen molar-refractivity contribution in [1.29, 1.82) is 0 Å². The van der Waals surface area contributed by atoms with Crippen LogP contribution >= 0.6 is 0 Å². The largest absolute Gasteiger partial charge is 0.359 e. The number of benzene rings is 1. The van der Waals surface area contributed by atoms with Crippen LogP contribution in [0.5, 0.6) is 0 Å². The minimum Gasteiger partial charge on any atom is -0.359 e. The zero-order chi connectivity index (χ0) is 12.3. The van der Waals surface area contributed by atoms with Crippen molar-refractivity contribution < 1.29 is 4.39 Å². The van der Waals surface area contributed by atoms with Gasteiger partial charge in [-0.1, -0.05) is 12.1 Å². The van der Waals surface area contributed by atoms with Crippen LogP contribution in [0, 0.1) is 5.82 Å². The van der Waals surface area contributed by atoms with Gasteiger partial charge in [0.2, 0.25) is 0 Å². The summed E-state index contributed by atoms with van der Waals surface area (Å²) < 4.78 is 12.8. The summed E-state index contributed by atoms with van der Waals surface area (Å²) in [6.45, 7) is 1.88. The van der Waals surface area contributed by atoms with Gasteiger partial charge < -0.3 is 10.3 Å². The van der Waals surface area contributed by atoms with E-state index in [0.717, 1.165) is 5.56 Å². The van der Waals surface area contributed by atoms with Crippen molar-refractivity contribution in [3.8, 4) is 0 Å². The van der Waals surface area contributed by atoms with Gasteiger partial charge in [-0.25, -0.2) is 9.37 Å². The van der Waals surface area contributed by atoms with Gasteiger partial charge in [-0.2, -0.15) is 0 Å². The summed E-state index contributed by atoms with van der Waals surface area (Å²) in [5.41, 5.74) is 0.609. The van der Waals surface area contributed by atoms with E-state index in [1.54, 1.807) is 12.1 Å². The van der Waals surface area contributed by atoms with E-state index in [-0.39, 0.29) is 23.2 Å². The first-order valence-corrected chi connectivity index (χ1v) is 5.22. The van der Waals surface area contributed by atoms with E-state index in [1.807, 2.05) is 6.92 Å². The molecule has 0 bridgehead atoms. The fraction of sp³-hybridized carbons (Fsp3) is 0.167. The molecular weight excluding hydrogens is 221 g/mol. The number of aromatic nitrogens is 2. The second kappa shape index (κ2) is 4.78. The maximum atomic E-state index is 12.8. The van der Waals surface area contributed by atoms with Gasteiger partial charge in [0, 0.05) is 12.4 Å². The number of hydrogen-bond donors (Lipinski definition) is 2. The molecule has 0 amide bonds. The third kappa shape index (κ3) is 2.69. The normalized spacial score (nSPS) is 12.1. The van der Waals surface area contributed by atoms with Crippen LogP contribution in [0.25, 0.3) is 0 Å². The van der Waals surface area contributed by atoms with Gasteiger partial charge in [-0.15, -0.1) is 0 Å². The fourth-order valence-corrected chi connectivity index (χ4v) is 1.49. The molecule has 1 aromatic heterocycles. The predicted octanol–water partition coefficient (Wildman–Crippen LogP) is 2.08. The molecule has 0 spiro atoms. The van der Waals surface area contributed by atoms with E-state index in [0.29, 0.717) is 0 Å². The average molecular weight is 233 g/mol. The summed E-state index contributed by atoms with van der Waals surface area (Å²) in [4.78, 5) is 17.9. The first kappa shape index (κ1) is 11.3. The Bertz CT molecular complexity index is 550. The Morgan fingerprint density at radius 1 is 1.35 bits per heavy atom. The second-order valence-corrected chi connectivity index (χ2v) is 3.68. The Balaban J connectivity index is 2.17. The highest BCUT2D eigenvalue weighted by molar-refractivity contribution is 5.35. The number of rotatable bonds is 3. The molecule has 88 valence electrons. The Labute approximate surface area is 97.5 Å². The summed E-state index contributed by atoms with van der Waals surface area (Å²) in [5.74, 6) is -0.0269. The summed E-state index contributed by atoms with van der Waals surface area (Å²) in [5, 5.41) is 2.97. The van der Waals surface area contributed by atoms with Gasteiger partial charge in [-0.05, 0) is 24.6 Å². The van der Waals surface area contributed by atoms with E-state index in [2.05, 4.69) is 15.3 Å². The van der Waals surface area contributed by atoms with Crippen LogP contribution in [0.1, 0.15) is 18.5 Å². The highest BCUT2D eigenvalue weighted by atomic mass is 19.1. The first-order valence-electron chi connectivity index (χ1n) is 5.22. The monoisotopic (exact) mass is 233 g/mol. The molecule has 1 unspecified atom stereocenters. The highest BCUT2D eigenvalue weighted by Crippen LogP contribution is 2.15. The minimum absolute atomic E-state index is 0.119. The third-order valence-corrected chi connectivity index (χ3v) is 2.43. The quantitative estimate of drug-likeness (QED) is 0.853. The fourth-order valence-electron chi connectivity index (χ4n) is 1.49. The molecule has 1 heterocycles. The minimum atomic E-state index is -0.281. The van der Waals surface area contributed by atoms with E-state index >= 15 is 0 Å². The predicted molar refractivity (Wildman–Crippen MR) is 63.3 cm³/mol. The Hall–Kier alpha value is -2.17. The lowest BCUT2D eigenvalue weighted by molar-refractivity contribution is 0.626. The molecule has 1 atom stereocenters. The number of H-pyrrole nitrogens is 1. The van der Waals surface area contributed by atoms with Crippen LogP contribution in [0.3, 0.4) is 0 Å². The van der Waals surface area contributed by atoms with Crippen LogP contribution in [0.15, 0.2) is 41.5 Å². The van der Waals surface area contributed by atoms with Gasteiger partial charge in [-0.3, -0.25) is 4.79 Å². The standard InChI is InChI=1S/C12H12FN3O/c1-8(9-2-4-10(13)5-3-9)16-11-12(17)15-7-6-14-11/h2-8H,1H3,(H,14,16)(H,15,17). The van der Waals surface area contributed by atoms with Crippen LogP contribution in [0.2, 0.25) is 0 Å². The Morgan fingerprint density at radius 2 is 2.06 bits per heavy atom. The summed E-state index contributed by atoms with van der Waals surface area (Å²) in [6, 6.07) is 5.99. The van der Waals surface area contributed by atoms with Crippen molar-refractivity contribution >= 4 is 5.82 Å². The second-order valence-electron chi connectivity index (χ2n) is 3.68. The Kier molecular flexibility index (Phi) is 3.18. The lowest BCUT2D eigenvalue weighted by atomic mass is 10.1. The maximum Gasteiger partial charge on any atom is 0.290 e. The SMILES string of the molecule is CC(Nc1ncc[nH]c1=O)c1ccc(F)cc1. The van der Waals surface area contributed by atoms with E-state index in [1.165, 1.54) is 24.5 Å². The van der Waals surface area contributed by atoms with Crippen LogP contribution in [0.4, 0.5) is 10.2 Å². The van der Waals surface area contributed by atoms with Crippen LogP contribution < -0.4 is 10.9 Å². The summed E-state index contributed by atoms with van der Waals surface area (Å²) in [7, 11) is 0. The van der Waals surface area contributed by atoms with Gasteiger partial charge in [0.05, 0.1) is 6.04 Å². The molecule has 0 saturated carbocycles. The zero-order valence-electron chi connectivity index (χ0n) is 9.27. The maximum absolute atomic E-state index is 12.8. The number of nitrogens with zero attached hydrogens (tertiary/aromatic N) is 1. The van der Waals surface area contributed by atoms with Crippen molar-refractivity contribution in [3.05, 3.63) is 58.4 Å². The molecule has 0 aliphatic heterocycles. The average Bonchev–Trinajstić information content (AvgIpc) is 2.33. The molecule has 0 aliphatic rings. The van der Waals surface area contributed by atoms with Gasteiger partial charge in [0.25, 0.3) is 5.56 Å². The van der Waals surface area contributed by atoms with Crippen LogP contribution in [-0.4, -0.2) is 9.97 Å². The lowest BCUT2D eigenvalue weighted by Crippen LogP contribution is -2.17. The topological polar surface area (TPSA) is 57.8 Å². The van der Waals surface area contributed by atoms with Crippen molar-refractivity contribution in [3.63, 3.8) is 0 Å².